The van der Waals surface area contributed by atoms with E-state index in [0.29, 0.717) is 31.4 Å². The molecule has 51 heavy (non-hydrogen) atoms. The van der Waals surface area contributed by atoms with Crippen LogP contribution in [0.2, 0.25) is 5.02 Å². The van der Waals surface area contributed by atoms with Crippen LogP contribution >= 0.6 is 11.6 Å². The van der Waals surface area contributed by atoms with Crippen LogP contribution in [-0.2, 0) is 41.0 Å². The molecule has 2 fully saturated rings. The Balaban J connectivity index is 1.21. The summed E-state index contributed by atoms with van der Waals surface area (Å²) in [5.74, 6) is 0.484. The van der Waals surface area contributed by atoms with E-state index in [0.717, 1.165) is 82.1 Å². The van der Waals surface area contributed by atoms with E-state index in [1.165, 1.54) is 17.2 Å². The van der Waals surface area contributed by atoms with Crippen molar-refractivity contribution in [3.8, 4) is 5.75 Å². The number of nitrogens with one attached hydrogen (secondary N) is 1. The fraction of sp³-hybridized carbons (Fsp3) is 0.605. The summed E-state index contributed by atoms with van der Waals surface area (Å²) in [6.07, 6.45) is 8.85. The van der Waals surface area contributed by atoms with Gasteiger partial charge >= 0.3 is 0 Å². The molecular formula is C38H51ClN4O7S. The van der Waals surface area contributed by atoms with E-state index in [9.17, 15) is 13.2 Å². The number of fused-ring (bicyclic) bond motifs is 4. The van der Waals surface area contributed by atoms with E-state index in [1.807, 2.05) is 17.2 Å². The molecule has 1 saturated carbocycles. The largest absolute Gasteiger partial charge is 0.490 e. The van der Waals surface area contributed by atoms with Crippen LogP contribution in [0.3, 0.4) is 0 Å². The fourth-order valence-corrected chi connectivity index (χ4v) is 9.71. The van der Waals surface area contributed by atoms with E-state index < -0.39 is 21.5 Å². The Labute approximate surface area is 307 Å². The van der Waals surface area contributed by atoms with Gasteiger partial charge in [0.15, 0.2) is 0 Å². The molecule has 2 aromatic rings. The number of ether oxygens (including phenoxy) is 3. The summed E-state index contributed by atoms with van der Waals surface area (Å²) in [5.41, 5.74) is 1.53. The van der Waals surface area contributed by atoms with E-state index in [1.54, 1.807) is 33.1 Å². The molecular weight excluding hydrogens is 692 g/mol. The predicted octanol–water partition coefficient (Wildman–Crippen LogP) is 4.57. The van der Waals surface area contributed by atoms with Crippen LogP contribution < -0.4 is 14.4 Å². The number of hydrogen-bond donors (Lipinski definition) is 1. The minimum absolute atomic E-state index is 0.00969. The van der Waals surface area contributed by atoms with Crippen molar-refractivity contribution in [2.24, 2.45) is 11.8 Å². The quantitative estimate of drug-likeness (QED) is 0.438. The Morgan fingerprint density at radius 2 is 1.90 bits per heavy atom. The summed E-state index contributed by atoms with van der Waals surface area (Å²) < 4.78 is 48.8. The predicted molar refractivity (Wildman–Crippen MR) is 196 cm³/mol. The van der Waals surface area contributed by atoms with Crippen LogP contribution in [0.25, 0.3) is 0 Å². The summed E-state index contributed by atoms with van der Waals surface area (Å²) in [4.78, 5) is 23.5. The number of rotatable bonds is 5. The van der Waals surface area contributed by atoms with Crippen molar-refractivity contribution >= 4 is 33.2 Å². The number of sulfonamides is 1. The monoisotopic (exact) mass is 742 g/mol. The molecule has 4 atom stereocenters. The van der Waals surface area contributed by atoms with Crippen LogP contribution in [0, 0.1) is 11.8 Å². The minimum atomic E-state index is -4.20. The zero-order valence-corrected chi connectivity index (χ0v) is 31.5. The highest BCUT2D eigenvalue weighted by atomic mass is 35.5. The van der Waals surface area contributed by atoms with E-state index in [-0.39, 0.29) is 28.9 Å². The van der Waals surface area contributed by atoms with Gasteiger partial charge in [-0.15, -0.1) is 0 Å². The first-order chi connectivity index (χ1) is 24.5. The van der Waals surface area contributed by atoms with Gasteiger partial charge in [-0.25, -0.2) is 13.1 Å². The number of anilines is 1. The molecule has 2 bridgehead atoms. The van der Waals surface area contributed by atoms with Crippen LogP contribution in [0.5, 0.6) is 5.75 Å². The molecule has 1 spiro atoms. The summed E-state index contributed by atoms with van der Waals surface area (Å²) in [6.45, 7) is 10.2. The lowest BCUT2D eigenvalue weighted by molar-refractivity contribution is -0.153. The van der Waals surface area contributed by atoms with E-state index in [2.05, 4.69) is 32.7 Å². The second-order valence-corrected chi connectivity index (χ2v) is 17.3. The number of piperazine rings is 1. The topological polar surface area (TPSA) is 110 Å². The number of carbonyl (C=O) groups is 1. The van der Waals surface area contributed by atoms with Gasteiger partial charge in [0.25, 0.3) is 15.9 Å². The molecule has 5 aliphatic rings. The molecule has 7 rings (SSSR count). The molecule has 3 aliphatic heterocycles. The Morgan fingerprint density at radius 3 is 2.67 bits per heavy atom. The molecule has 11 nitrogen and oxygen atoms in total. The molecule has 2 aromatic carbocycles. The third kappa shape index (κ3) is 7.83. The maximum Gasteiger partial charge on any atom is 0.265 e. The first kappa shape index (κ1) is 36.6. The van der Waals surface area contributed by atoms with Crippen molar-refractivity contribution in [2.75, 3.05) is 77.6 Å². The number of carbonyl (C=O) groups excluding carboxylic acids is 1. The van der Waals surface area contributed by atoms with Crippen molar-refractivity contribution in [1.82, 2.24) is 14.7 Å². The van der Waals surface area contributed by atoms with E-state index >= 15 is 0 Å². The number of amides is 1. The highest BCUT2D eigenvalue weighted by molar-refractivity contribution is 7.90. The molecule has 1 N–H and O–H groups in total. The first-order valence-corrected chi connectivity index (χ1v) is 20.1. The van der Waals surface area contributed by atoms with Crippen molar-refractivity contribution in [1.29, 1.82) is 0 Å². The number of nitrogens with zero attached hydrogens (tertiary/aromatic N) is 3. The van der Waals surface area contributed by atoms with Crippen LogP contribution in [0.4, 0.5) is 5.69 Å². The summed E-state index contributed by atoms with van der Waals surface area (Å²) >= 11 is 6.46. The zero-order chi connectivity index (χ0) is 35.8. The third-order valence-electron chi connectivity index (χ3n) is 11.6. The zero-order valence-electron chi connectivity index (χ0n) is 29.9. The second-order valence-electron chi connectivity index (χ2n) is 15.2. The average molecular weight is 743 g/mol. The molecule has 1 saturated heterocycles. The molecule has 0 unspecified atom stereocenters. The lowest BCUT2D eigenvalue weighted by atomic mass is 9.68. The van der Waals surface area contributed by atoms with Gasteiger partial charge < -0.3 is 23.9 Å². The van der Waals surface area contributed by atoms with Gasteiger partial charge in [0.1, 0.15) is 11.4 Å². The summed E-state index contributed by atoms with van der Waals surface area (Å²) in [7, 11) is -2.48. The summed E-state index contributed by atoms with van der Waals surface area (Å²) in [5, 5.41) is 2.71. The van der Waals surface area contributed by atoms with Gasteiger partial charge in [0.2, 0.25) is 0 Å². The maximum atomic E-state index is 13.7. The number of hydroxylamine groups is 2. The van der Waals surface area contributed by atoms with E-state index in [4.69, 9.17) is 30.6 Å². The van der Waals surface area contributed by atoms with Gasteiger partial charge in [-0.2, -0.15) is 5.06 Å². The molecule has 0 radical (unpaired) electrons. The van der Waals surface area contributed by atoms with Gasteiger partial charge in [-0.1, -0.05) is 29.8 Å². The molecule has 278 valence electrons. The Hall–Kier alpha value is -2.71. The number of halogens is 1. The highest BCUT2D eigenvalue weighted by Crippen LogP contribution is 2.47. The molecule has 0 aromatic heterocycles. The van der Waals surface area contributed by atoms with Crippen LogP contribution in [0.15, 0.2) is 53.4 Å². The molecule has 3 heterocycles. The van der Waals surface area contributed by atoms with Crippen LogP contribution in [0.1, 0.15) is 50.7 Å². The van der Waals surface area contributed by atoms with Crippen molar-refractivity contribution in [3.63, 3.8) is 0 Å². The highest BCUT2D eigenvalue weighted by Gasteiger charge is 2.45. The smallest absolute Gasteiger partial charge is 0.265 e. The standard InChI is InChI=1S/C38H51ClN4O7S/c1-37(2)36(44)40-51(45,46)30-10-13-35-33(23-30)42(25-38(26-49-35)14-4-6-27-22-29(39)9-12-32(27)38)24-28-8-11-31(28)34(7-5-20-50-37)48-21-19-41-15-17-43(47-3)18-16-41/h5,7,9-10,12-13,22-23,28,31,34H,4,6,8,11,14-21,24-26H2,1-3H3,(H,40,44)/b7-5-/t28-,31+,34-,38-/m0/s1. The molecule has 13 heteroatoms. The number of hydrogen-bond acceptors (Lipinski definition) is 10. The van der Waals surface area contributed by atoms with Gasteiger partial charge in [0.05, 0.1) is 43.6 Å². The minimum Gasteiger partial charge on any atom is -0.490 e. The number of benzene rings is 2. The van der Waals surface area contributed by atoms with Crippen LogP contribution in [-0.4, -0.2) is 109 Å². The molecule has 2 aliphatic carbocycles. The second kappa shape index (κ2) is 15.0. The van der Waals surface area contributed by atoms with Gasteiger partial charge in [-0.3, -0.25) is 9.69 Å². The SMILES string of the molecule is CON1CCN(CCO[C@H]2/C=C\COC(C)(C)C(=O)NS(=O)(=O)c3ccc4c(c3)N(C[C@@H]3CC[C@H]32)C[C@@]2(CCCc3cc(Cl)ccc32)CO4)CC1. The number of aryl methyl sites for hydroxylation is 1. The van der Waals surface area contributed by atoms with Crippen molar-refractivity contribution in [3.05, 3.63) is 64.7 Å². The lowest BCUT2D eigenvalue weighted by Gasteiger charge is -2.46. The fourth-order valence-electron chi connectivity index (χ4n) is 8.39. The maximum absolute atomic E-state index is 13.7. The lowest BCUT2D eigenvalue weighted by Crippen LogP contribution is -2.50. The van der Waals surface area contributed by atoms with Gasteiger partial charge in [0, 0.05) is 56.3 Å². The Bertz CT molecular complexity index is 1730. The van der Waals surface area contributed by atoms with Crippen molar-refractivity contribution in [2.45, 2.75) is 68.0 Å². The van der Waals surface area contributed by atoms with Crippen molar-refractivity contribution < 1.29 is 32.3 Å². The Morgan fingerprint density at radius 1 is 1.08 bits per heavy atom. The summed E-state index contributed by atoms with van der Waals surface area (Å²) in [6, 6.07) is 11.1. The normalized spacial score (nSPS) is 30.2. The first-order valence-electron chi connectivity index (χ1n) is 18.3. The average Bonchev–Trinajstić information content (AvgIpc) is 3.24. The Kier molecular flexibility index (Phi) is 10.8. The molecule has 1 amide bonds. The van der Waals surface area contributed by atoms with Gasteiger partial charge in [-0.05, 0) is 99.2 Å². The third-order valence-corrected chi connectivity index (χ3v) is 13.2.